The van der Waals surface area contributed by atoms with Crippen LogP contribution in [-0.4, -0.2) is 36.7 Å². The molecule has 0 aromatic carbocycles. The first-order valence-electron chi connectivity index (χ1n) is 7.75. The maximum Gasteiger partial charge on any atom is 0.328 e. The molecule has 1 aliphatic carbocycles. The number of carboxylic acids is 1. The molecule has 0 radical (unpaired) electrons. The Kier molecular flexibility index (Phi) is 6.65. The van der Waals surface area contributed by atoms with Gasteiger partial charge in [0.25, 0.3) is 0 Å². The lowest BCUT2D eigenvalue weighted by Gasteiger charge is -2.36. The van der Waals surface area contributed by atoms with Gasteiger partial charge in [0, 0.05) is 13.5 Å². The molecule has 0 aliphatic heterocycles. The van der Waals surface area contributed by atoms with Gasteiger partial charge < -0.3 is 15.2 Å². The summed E-state index contributed by atoms with van der Waals surface area (Å²) in [7, 11) is 1.43. The first kappa shape index (κ1) is 18.0. The van der Waals surface area contributed by atoms with E-state index in [-0.39, 0.29) is 12.5 Å². The Morgan fingerprint density at radius 2 is 1.81 bits per heavy atom. The van der Waals surface area contributed by atoms with Crippen molar-refractivity contribution >= 4 is 11.9 Å². The van der Waals surface area contributed by atoms with Crippen LogP contribution in [0, 0.1) is 17.3 Å². The molecule has 0 bridgehead atoms. The van der Waals surface area contributed by atoms with Crippen LogP contribution in [0.15, 0.2) is 0 Å². The summed E-state index contributed by atoms with van der Waals surface area (Å²) in [6.07, 6.45) is 4.84. The van der Waals surface area contributed by atoms with Crippen molar-refractivity contribution in [2.45, 2.75) is 58.9 Å². The van der Waals surface area contributed by atoms with Gasteiger partial charge in [0.15, 0.2) is 6.04 Å². The number of aliphatic carboxylic acids is 1. The molecule has 1 saturated carbocycles. The topological polar surface area (TPSA) is 75.6 Å². The zero-order valence-electron chi connectivity index (χ0n) is 13.6. The van der Waals surface area contributed by atoms with E-state index in [2.05, 4.69) is 26.1 Å². The molecule has 5 nitrogen and oxygen atoms in total. The number of carbonyl (C=O) groups is 2. The summed E-state index contributed by atoms with van der Waals surface area (Å²) in [6.45, 7) is 6.81. The van der Waals surface area contributed by atoms with Gasteiger partial charge in [-0.05, 0) is 42.9 Å². The number of rotatable bonds is 6. The number of carbonyl (C=O) groups excluding carboxylic acids is 1. The van der Waals surface area contributed by atoms with Crippen molar-refractivity contribution < 1.29 is 19.4 Å². The number of hydrogen-bond acceptors (Lipinski definition) is 3. The van der Waals surface area contributed by atoms with Crippen LogP contribution in [0.2, 0.25) is 0 Å². The van der Waals surface area contributed by atoms with Crippen molar-refractivity contribution in [1.29, 1.82) is 0 Å². The molecule has 1 aliphatic rings. The molecule has 1 rings (SSSR count). The first-order valence-corrected chi connectivity index (χ1v) is 7.75. The van der Waals surface area contributed by atoms with E-state index in [1.54, 1.807) is 0 Å². The number of methoxy groups -OCH3 is 1. The van der Waals surface area contributed by atoms with Crippen LogP contribution in [0.4, 0.5) is 0 Å². The molecular weight excluding hydrogens is 270 g/mol. The fourth-order valence-corrected chi connectivity index (χ4v) is 3.09. The monoisotopic (exact) mass is 299 g/mol. The summed E-state index contributed by atoms with van der Waals surface area (Å²) in [6, 6.07) is -0.951. The molecular formula is C16H29NO4. The van der Waals surface area contributed by atoms with Crippen molar-refractivity contribution in [3.05, 3.63) is 0 Å². The highest BCUT2D eigenvalue weighted by atomic mass is 16.5. The molecule has 0 saturated heterocycles. The summed E-state index contributed by atoms with van der Waals surface area (Å²) in [5.41, 5.74) is 0.333. The van der Waals surface area contributed by atoms with Crippen molar-refractivity contribution in [2.75, 3.05) is 13.7 Å². The summed E-state index contributed by atoms with van der Waals surface area (Å²) < 4.78 is 4.81. The molecule has 122 valence electrons. The second kappa shape index (κ2) is 7.78. The normalized spacial score (nSPS) is 24.4. The quantitative estimate of drug-likeness (QED) is 0.790. The van der Waals surface area contributed by atoms with E-state index in [0.717, 1.165) is 31.6 Å². The summed E-state index contributed by atoms with van der Waals surface area (Å²) in [5.74, 6) is -0.141. The van der Waals surface area contributed by atoms with Gasteiger partial charge in [0.05, 0.1) is 6.61 Å². The molecule has 0 heterocycles. The van der Waals surface area contributed by atoms with Crippen molar-refractivity contribution in [3.63, 3.8) is 0 Å². The minimum atomic E-state index is -1.05. The molecule has 1 atom stereocenters. The highest BCUT2D eigenvalue weighted by Gasteiger charge is 2.31. The van der Waals surface area contributed by atoms with E-state index in [1.165, 1.54) is 7.11 Å². The lowest BCUT2D eigenvalue weighted by Crippen LogP contribution is -2.44. The van der Waals surface area contributed by atoms with Crippen LogP contribution in [0.5, 0.6) is 0 Å². The maximum absolute atomic E-state index is 11.9. The van der Waals surface area contributed by atoms with Gasteiger partial charge in [-0.3, -0.25) is 4.79 Å². The van der Waals surface area contributed by atoms with Gasteiger partial charge in [-0.25, -0.2) is 4.79 Å². The van der Waals surface area contributed by atoms with E-state index in [0.29, 0.717) is 17.8 Å². The number of carboxylic acid groups (broad SMARTS) is 1. The average molecular weight is 299 g/mol. The number of hydrogen-bond donors (Lipinski definition) is 2. The number of nitrogens with one attached hydrogen (secondary N) is 1. The molecule has 5 heteroatoms. The molecule has 2 N–H and O–H groups in total. The third kappa shape index (κ3) is 6.04. The summed E-state index contributed by atoms with van der Waals surface area (Å²) in [5, 5.41) is 11.5. The molecule has 1 unspecified atom stereocenters. The van der Waals surface area contributed by atoms with E-state index in [4.69, 9.17) is 9.84 Å². The van der Waals surface area contributed by atoms with E-state index < -0.39 is 12.0 Å². The van der Waals surface area contributed by atoms with Gasteiger partial charge >= 0.3 is 5.97 Å². The van der Waals surface area contributed by atoms with Crippen LogP contribution in [0.3, 0.4) is 0 Å². The van der Waals surface area contributed by atoms with Crippen LogP contribution in [-0.2, 0) is 14.3 Å². The number of amides is 1. The van der Waals surface area contributed by atoms with Gasteiger partial charge in [-0.1, -0.05) is 20.8 Å². The minimum absolute atomic E-state index is 0.00214. The molecule has 1 amide bonds. The Balaban J connectivity index is 2.38. The molecule has 21 heavy (non-hydrogen) atoms. The van der Waals surface area contributed by atoms with Crippen LogP contribution in [0.1, 0.15) is 52.9 Å². The Morgan fingerprint density at radius 3 is 2.24 bits per heavy atom. The Hall–Kier alpha value is -1.10. The number of ether oxygens (including phenoxy) is 1. The molecule has 0 spiro atoms. The van der Waals surface area contributed by atoms with Gasteiger partial charge in [-0.15, -0.1) is 0 Å². The second-order valence-corrected chi connectivity index (χ2v) is 7.20. The second-order valence-electron chi connectivity index (χ2n) is 7.20. The lowest BCUT2D eigenvalue weighted by atomic mass is 9.69. The largest absolute Gasteiger partial charge is 0.480 e. The van der Waals surface area contributed by atoms with Gasteiger partial charge in [-0.2, -0.15) is 0 Å². The van der Waals surface area contributed by atoms with Crippen molar-refractivity contribution in [1.82, 2.24) is 5.32 Å². The predicted octanol–water partition coefficient (Wildman–Crippen LogP) is 2.44. The molecule has 0 aromatic rings. The standard InChI is InChI=1S/C16H29NO4/c1-16(2,3)12-7-5-11(6-8-12)9-14(18)17-13(10-21-4)15(19)20/h11-13H,5-10H2,1-4H3,(H,17,18)(H,19,20). The van der Waals surface area contributed by atoms with Gasteiger partial charge in [0.1, 0.15) is 0 Å². The van der Waals surface area contributed by atoms with E-state index >= 15 is 0 Å². The molecule has 1 fully saturated rings. The van der Waals surface area contributed by atoms with Crippen LogP contribution in [0.25, 0.3) is 0 Å². The Labute approximate surface area is 127 Å². The third-order valence-electron chi connectivity index (χ3n) is 4.51. The van der Waals surface area contributed by atoms with E-state index in [1.807, 2.05) is 0 Å². The SMILES string of the molecule is COCC(NC(=O)CC1CCC(C(C)(C)C)CC1)C(=O)O. The molecule has 0 aromatic heterocycles. The fourth-order valence-electron chi connectivity index (χ4n) is 3.09. The van der Waals surface area contributed by atoms with Gasteiger partial charge in [0.2, 0.25) is 5.91 Å². The third-order valence-corrected chi connectivity index (χ3v) is 4.51. The average Bonchev–Trinajstić information content (AvgIpc) is 2.37. The Morgan fingerprint density at radius 1 is 1.24 bits per heavy atom. The van der Waals surface area contributed by atoms with Crippen molar-refractivity contribution in [3.8, 4) is 0 Å². The minimum Gasteiger partial charge on any atom is -0.480 e. The zero-order chi connectivity index (χ0) is 16.0. The summed E-state index contributed by atoms with van der Waals surface area (Å²) >= 11 is 0. The van der Waals surface area contributed by atoms with E-state index in [9.17, 15) is 9.59 Å². The van der Waals surface area contributed by atoms with Crippen LogP contribution < -0.4 is 5.32 Å². The zero-order valence-corrected chi connectivity index (χ0v) is 13.6. The summed E-state index contributed by atoms with van der Waals surface area (Å²) in [4.78, 5) is 22.9. The van der Waals surface area contributed by atoms with Crippen molar-refractivity contribution in [2.24, 2.45) is 17.3 Å². The fraction of sp³-hybridized carbons (Fsp3) is 0.875. The lowest BCUT2D eigenvalue weighted by molar-refractivity contribution is -0.143. The highest BCUT2D eigenvalue weighted by Crippen LogP contribution is 2.40. The smallest absolute Gasteiger partial charge is 0.328 e. The Bertz CT molecular complexity index is 354. The maximum atomic E-state index is 11.9. The first-order chi connectivity index (χ1) is 9.74. The highest BCUT2D eigenvalue weighted by molar-refractivity contribution is 5.83. The predicted molar refractivity (Wildman–Crippen MR) is 81.0 cm³/mol. The van der Waals surface area contributed by atoms with Crippen LogP contribution >= 0.6 is 0 Å².